The van der Waals surface area contributed by atoms with E-state index in [0.717, 1.165) is 13.0 Å². The molecule has 2 nitrogen and oxygen atoms in total. The Kier molecular flexibility index (Phi) is 54.3. The Balaban J connectivity index is -0.0000000334. The van der Waals surface area contributed by atoms with E-state index in [2.05, 4.69) is 27.4 Å². The summed E-state index contributed by atoms with van der Waals surface area (Å²) in [7, 11) is 1.00. The molecule has 0 saturated heterocycles. The SMILES string of the molecule is C=CC.CC.CC(C)(C)O.CC(C)C.CO. The van der Waals surface area contributed by atoms with Crippen LogP contribution in [0.25, 0.3) is 0 Å². The summed E-state index contributed by atoms with van der Waals surface area (Å²) in [4.78, 5) is 0. The third kappa shape index (κ3) is 18900. The molecule has 0 atom stereocenters. The Hall–Kier alpha value is -0.340. The van der Waals surface area contributed by atoms with Crippen molar-refractivity contribution < 1.29 is 10.2 Å². The molecule has 0 unspecified atom stereocenters. The first-order valence-electron chi connectivity index (χ1n) is 5.89. The van der Waals surface area contributed by atoms with E-state index in [-0.39, 0.29) is 0 Å². The first-order chi connectivity index (χ1) is 7.15. The van der Waals surface area contributed by atoms with Gasteiger partial charge in [0.1, 0.15) is 0 Å². The van der Waals surface area contributed by atoms with Crippen LogP contribution in [0.2, 0.25) is 0 Å². The van der Waals surface area contributed by atoms with Crippen LogP contribution < -0.4 is 0 Å². The van der Waals surface area contributed by atoms with E-state index in [9.17, 15) is 0 Å². The van der Waals surface area contributed by atoms with E-state index < -0.39 is 5.60 Å². The topological polar surface area (TPSA) is 40.5 Å². The van der Waals surface area contributed by atoms with Crippen LogP contribution in [0.4, 0.5) is 0 Å². The summed E-state index contributed by atoms with van der Waals surface area (Å²) >= 11 is 0. The maximum atomic E-state index is 8.52. The van der Waals surface area contributed by atoms with Crippen molar-refractivity contribution in [3.05, 3.63) is 12.7 Å². The summed E-state index contributed by atoms with van der Waals surface area (Å²) in [5, 5.41) is 15.5. The highest BCUT2D eigenvalue weighted by atomic mass is 16.3. The first kappa shape index (κ1) is 29.6. The lowest BCUT2D eigenvalue weighted by Crippen LogP contribution is -2.10. The predicted molar refractivity (Wildman–Crippen MR) is 77.8 cm³/mol. The van der Waals surface area contributed by atoms with Crippen molar-refractivity contribution in [2.45, 2.75) is 67.9 Å². The number of aliphatic hydroxyl groups is 2. The normalized spacial score (nSPS) is 7.56. The summed E-state index contributed by atoms with van der Waals surface area (Å²) in [5.41, 5.74) is -0.500. The minimum Gasteiger partial charge on any atom is -0.400 e. The molecule has 0 heterocycles. The molecule has 0 aromatic carbocycles. The quantitative estimate of drug-likeness (QED) is 0.617. The number of hydrogen-bond donors (Lipinski definition) is 2. The van der Waals surface area contributed by atoms with Gasteiger partial charge in [0, 0.05) is 7.11 Å². The van der Waals surface area contributed by atoms with Gasteiger partial charge in [-0.05, 0) is 33.6 Å². The van der Waals surface area contributed by atoms with Gasteiger partial charge in [0.25, 0.3) is 0 Å². The third-order valence-corrected chi connectivity index (χ3v) is 0. The largest absolute Gasteiger partial charge is 0.400 e. The summed E-state index contributed by atoms with van der Waals surface area (Å²) in [6.45, 7) is 21.0. The van der Waals surface area contributed by atoms with Crippen LogP contribution in [-0.4, -0.2) is 22.9 Å². The molecule has 104 valence electrons. The van der Waals surface area contributed by atoms with Gasteiger partial charge in [-0.25, -0.2) is 0 Å². The molecule has 0 amide bonds. The monoisotopic (exact) mass is 236 g/mol. The molecule has 0 aliphatic heterocycles. The average molecular weight is 236 g/mol. The van der Waals surface area contributed by atoms with Crippen molar-refractivity contribution in [3.8, 4) is 0 Å². The molecule has 0 fully saturated rings. The fraction of sp³-hybridized carbons (Fsp3) is 0.857. The van der Waals surface area contributed by atoms with Crippen LogP contribution in [0, 0.1) is 5.92 Å². The molecule has 0 aliphatic carbocycles. The standard InChI is InChI=1S/C4H10O.C4H10.C3H6.C2H6.CH4O/c1-4(2,3)5;1-4(2)3;1-3-2;2*1-2/h5H,1-3H3;4H,1-3H3;3H,1H2,2H3;1-2H3;2H,1H3. The van der Waals surface area contributed by atoms with Crippen LogP contribution in [-0.2, 0) is 0 Å². The van der Waals surface area contributed by atoms with Crippen molar-refractivity contribution in [1.29, 1.82) is 0 Å². The second-order valence-electron chi connectivity index (χ2n) is 4.31. The zero-order valence-corrected chi connectivity index (χ0v) is 13.3. The summed E-state index contributed by atoms with van der Waals surface area (Å²) < 4.78 is 0. The van der Waals surface area contributed by atoms with Crippen molar-refractivity contribution >= 4 is 0 Å². The third-order valence-electron chi connectivity index (χ3n) is 0. The lowest BCUT2D eigenvalue weighted by atomic mass is 10.2. The van der Waals surface area contributed by atoms with Gasteiger partial charge >= 0.3 is 0 Å². The highest BCUT2D eigenvalue weighted by Crippen LogP contribution is 1.93. The number of rotatable bonds is 0. The molecular formula is C14H36O2. The lowest BCUT2D eigenvalue weighted by Gasteiger charge is -2.04. The summed E-state index contributed by atoms with van der Waals surface area (Å²) in [5.74, 6) is 0.833. The van der Waals surface area contributed by atoms with Crippen LogP contribution in [0.15, 0.2) is 12.7 Å². The fourth-order valence-corrected chi connectivity index (χ4v) is 0. The lowest BCUT2D eigenvalue weighted by molar-refractivity contribution is 0.102. The van der Waals surface area contributed by atoms with Gasteiger partial charge in [0.2, 0.25) is 0 Å². The van der Waals surface area contributed by atoms with Gasteiger partial charge in [0.05, 0.1) is 5.60 Å². The Morgan fingerprint density at radius 3 is 1.00 bits per heavy atom. The van der Waals surface area contributed by atoms with Gasteiger partial charge in [-0.3, -0.25) is 0 Å². The molecule has 2 heteroatoms. The van der Waals surface area contributed by atoms with Gasteiger partial charge in [-0.1, -0.05) is 40.7 Å². The van der Waals surface area contributed by atoms with Crippen LogP contribution in [0.1, 0.15) is 62.3 Å². The fourth-order valence-electron chi connectivity index (χ4n) is 0. The Morgan fingerprint density at radius 1 is 1.00 bits per heavy atom. The summed E-state index contributed by atoms with van der Waals surface area (Å²) in [6, 6.07) is 0. The van der Waals surface area contributed by atoms with Gasteiger partial charge in [-0.15, -0.1) is 6.58 Å². The molecule has 0 aromatic heterocycles. The van der Waals surface area contributed by atoms with E-state index in [1.165, 1.54) is 0 Å². The van der Waals surface area contributed by atoms with Crippen molar-refractivity contribution in [2.24, 2.45) is 5.92 Å². The number of aliphatic hydroxyl groups excluding tert-OH is 1. The maximum Gasteiger partial charge on any atom is 0.0563 e. The molecule has 0 saturated carbocycles. The number of allylic oxidation sites excluding steroid dienone is 1. The van der Waals surface area contributed by atoms with E-state index in [4.69, 9.17) is 10.2 Å². The highest BCUT2D eigenvalue weighted by molar-refractivity contribution is 4.51. The van der Waals surface area contributed by atoms with Gasteiger partial charge in [-0.2, -0.15) is 0 Å². The van der Waals surface area contributed by atoms with Crippen LogP contribution in [0.5, 0.6) is 0 Å². The smallest absolute Gasteiger partial charge is 0.0563 e. The molecule has 0 radical (unpaired) electrons. The van der Waals surface area contributed by atoms with Crippen molar-refractivity contribution in [1.82, 2.24) is 0 Å². The Morgan fingerprint density at radius 2 is 1.00 bits per heavy atom. The highest BCUT2D eigenvalue weighted by Gasteiger charge is 1.97. The van der Waals surface area contributed by atoms with E-state index >= 15 is 0 Å². The number of hydrogen-bond acceptors (Lipinski definition) is 2. The average Bonchev–Trinajstić information content (AvgIpc) is 2.08. The Bertz CT molecular complexity index is 72.5. The molecule has 0 aliphatic rings. The molecule has 0 rings (SSSR count). The second-order valence-corrected chi connectivity index (χ2v) is 4.31. The molecule has 0 spiro atoms. The predicted octanol–water partition coefficient (Wildman–Crippen LogP) is 4.27. The van der Waals surface area contributed by atoms with Crippen molar-refractivity contribution in [3.63, 3.8) is 0 Å². The minimum atomic E-state index is -0.500. The molecule has 16 heavy (non-hydrogen) atoms. The molecular weight excluding hydrogens is 200 g/mol. The first-order valence-corrected chi connectivity index (χ1v) is 5.89. The minimum absolute atomic E-state index is 0.500. The van der Waals surface area contributed by atoms with Gasteiger partial charge in [0.15, 0.2) is 0 Å². The van der Waals surface area contributed by atoms with E-state index in [0.29, 0.717) is 0 Å². The maximum absolute atomic E-state index is 8.52. The molecule has 0 bridgehead atoms. The molecule has 0 aromatic rings. The van der Waals surface area contributed by atoms with Crippen LogP contribution >= 0.6 is 0 Å². The second kappa shape index (κ2) is 29.3. The zero-order chi connectivity index (χ0) is 14.8. The zero-order valence-electron chi connectivity index (χ0n) is 13.3. The summed E-state index contributed by atoms with van der Waals surface area (Å²) in [6.07, 6.45) is 1.75. The Labute approximate surface area is 104 Å². The van der Waals surface area contributed by atoms with E-state index in [1.54, 1.807) is 26.8 Å². The molecule has 2 N–H and O–H groups in total. The van der Waals surface area contributed by atoms with Crippen molar-refractivity contribution in [2.75, 3.05) is 7.11 Å². The van der Waals surface area contributed by atoms with Crippen LogP contribution in [0.3, 0.4) is 0 Å². The van der Waals surface area contributed by atoms with Gasteiger partial charge < -0.3 is 10.2 Å². The van der Waals surface area contributed by atoms with E-state index in [1.807, 2.05) is 20.8 Å².